The number of nitrogens with one attached hydrogen (secondary N) is 1. The van der Waals surface area contributed by atoms with E-state index in [0.717, 1.165) is 36.0 Å². The third-order valence-corrected chi connectivity index (χ3v) is 7.82. The third-order valence-electron chi connectivity index (χ3n) is 7.82. The van der Waals surface area contributed by atoms with Crippen LogP contribution in [0.3, 0.4) is 0 Å². The van der Waals surface area contributed by atoms with E-state index in [1.165, 1.54) is 31.4 Å². The average Bonchev–Trinajstić information content (AvgIpc) is 3.44. The highest BCUT2D eigenvalue weighted by molar-refractivity contribution is 5.83. The second-order valence-corrected chi connectivity index (χ2v) is 10.4. The molecule has 2 aromatic heterocycles. The number of rotatable bonds is 8. The van der Waals surface area contributed by atoms with E-state index in [2.05, 4.69) is 32.3 Å². The van der Waals surface area contributed by atoms with Gasteiger partial charge in [-0.2, -0.15) is 0 Å². The lowest BCUT2D eigenvalue weighted by atomic mass is 9.95. The van der Waals surface area contributed by atoms with Crippen molar-refractivity contribution in [3.8, 4) is 11.5 Å². The molecule has 1 saturated carbocycles. The zero-order chi connectivity index (χ0) is 26.8. The zero-order valence-corrected chi connectivity index (χ0v) is 22.1. The van der Waals surface area contributed by atoms with Crippen molar-refractivity contribution in [1.82, 2.24) is 30.1 Å². The van der Waals surface area contributed by atoms with Crippen molar-refractivity contribution in [2.75, 3.05) is 13.2 Å². The van der Waals surface area contributed by atoms with Crippen LogP contribution in [-0.4, -0.2) is 43.3 Å². The minimum atomic E-state index is -0.279. The predicted octanol–water partition coefficient (Wildman–Crippen LogP) is 5.08. The predicted molar refractivity (Wildman–Crippen MR) is 144 cm³/mol. The third kappa shape index (κ3) is 5.38. The van der Waals surface area contributed by atoms with Gasteiger partial charge in [0.1, 0.15) is 19.0 Å². The number of benzene rings is 2. The average molecular weight is 533 g/mol. The molecule has 3 heterocycles. The molecule has 1 unspecified atom stereocenters. The quantitative estimate of drug-likeness (QED) is 0.338. The summed E-state index contributed by atoms with van der Waals surface area (Å²) < 4.78 is 27.1. The van der Waals surface area contributed by atoms with Crippen molar-refractivity contribution in [3.05, 3.63) is 75.6 Å². The molecule has 1 aliphatic heterocycles. The van der Waals surface area contributed by atoms with Crippen molar-refractivity contribution in [1.29, 1.82) is 0 Å². The topological polar surface area (TPSA) is 98.2 Å². The molecule has 0 bridgehead atoms. The molecule has 1 atom stereocenters. The molecule has 0 saturated heterocycles. The molecule has 0 amide bonds. The highest BCUT2D eigenvalue weighted by atomic mass is 19.1. The first-order chi connectivity index (χ1) is 19.1. The number of halogens is 1. The molecule has 1 N–H and O–H groups in total. The van der Waals surface area contributed by atoms with Gasteiger partial charge in [0, 0.05) is 30.1 Å². The minimum Gasteiger partial charge on any atom is -0.486 e. The normalized spacial score (nSPS) is 16.6. The van der Waals surface area contributed by atoms with Crippen molar-refractivity contribution in [3.63, 3.8) is 0 Å². The van der Waals surface area contributed by atoms with Gasteiger partial charge in [-0.25, -0.2) is 9.07 Å². The smallest absolute Gasteiger partial charge is 0.252 e. The molecule has 2 aromatic carbocycles. The van der Waals surface area contributed by atoms with Crippen LogP contribution in [0.1, 0.15) is 74.5 Å². The number of aromatic amines is 1. The van der Waals surface area contributed by atoms with Gasteiger partial charge in [-0.1, -0.05) is 38.3 Å². The molecule has 39 heavy (non-hydrogen) atoms. The highest BCUT2D eigenvalue weighted by Gasteiger charge is 2.29. The summed E-state index contributed by atoms with van der Waals surface area (Å²) in [5.74, 6) is 1.84. The van der Waals surface area contributed by atoms with Gasteiger partial charge in [0.25, 0.3) is 5.56 Å². The van der Waals surface area contributed by atoms with Crippen LogP contribution in [-0.2, 0) is 13.1 Å². The Morgan fingerprint density at radius 3 is 2.54 bits per heavy atom. The lowest BCUT2D eigenvalue weighted by Gasteiger charge is -2.32. The maximum Gasteiger partial charge on any atom is 0.252 e. The van der Waals surface area contributed by atoms with Gasteiger partial charge in [-0.15, -0.1) is 5.10 Å². The van der Waals surface area contributed by atoms with E-state index in [0.29, 0.717) is 48.9 Å². The van der Waals surface area contributed by atoms with Gasteiger partial charge < -0.3 is 14.5 Å². The first-order valence-corrected chi connectivity index (χ1v) is 13.8. The van der Waals surface area contributed by atoms with E-state index in [1.54, 1.807) is 12.1 Å². The van der Waals surface area contributed by atoms with E-state index in [9.17, 15) is 9.18 Å². The Labute approximate surface area is 225 Å². The van der Waals surface area contributed by atoms with Gasteiger partial charge in [-0.3, -0.25) is 9.69 Å². The van der Waals surface area contributed by atoms with Crippen molar-refractivity contribution < 1.29 is 13.9 Å². The molecule has 10 heteroatoms. The number of nitrogens with zero attached hydrogens (tertiary/aromatic N) is 5. The molecule has 0 radical (unpaired) electrons. The number of hydrogen-bond donors (Lipinski definition) is 1. The Hall–Kier alpha value is -3.79. The van der Waals surface area contributed by atoms with Crippen LogP contribution in [0.5, 0.6) is 11.5 Å². The number of fused-ring (bicyclic) bond motifs is 2. The largest absolute Gasteiger partial charge is 0.486 e. The van der Waals surface area contributed by atoms with Crippen LogP contribution in [0.15, 0.2) is 47.3 Å². The van der Waals surface area contributed by atoms with Crippen LogP contribution in [0.4, 0.5) is 4.39 Å². The molecule has 1 aliphatic carbocycles. The summed E-state index contributed by atoms with van der Waals surface area (Å²) in [6.45, 7) is 3.96. The van der Waals surface area contributed by atoms with E-state index >= 15 is 0 Å². The van der Waals surface area contributed by atoms with Crippen molar-refractivity contribution >= 4 is 10.9 Å². The summed E-state index contributed by atoms with van der Waals surface area (Å²) in [6, 6.07) is 12.3. The Morgan fingerprint density at radius 1 is 1.05 bits per heavy atom. The van der Waals surface area contributed by atoms with Crippen LogP contribution in [0.25, 0.3) is 10.9 Å². The number of tetrazole rings is 1. The fourth-order valence-electron chi connectivity index (χ4n) is 5.83. The van der Waals surface area contributed by atoms with E-state index in [1.807, 2.05) is 22.9 Å². The van der Waals surface area contributed by atoms with Crippen molar-refractivity contribution in [2.24, 2.45) is 0 Å². The van der Waals surface area contributed by atoms with Gasteiger partial charge in [0.15, 0.2) is 17.3 Å². The summed E-state index contributed by atoms with van der Waals surface area (Å²) >= 11 is 0. The fourth-order valence-corrected chi connectivity index (χ4v) is 5.83. The number of aromatic nitrogens is 5. The molecular weight excluding hydrogens is 499 g/mol. The summed E-state index contributed by atoms with van der Waals surface area (Å²) in [5, 5.41) is 13.8. The summed E-state index contributed by atoms with van der Waals surface area (Å²) in [7, 11) is 0. The first-order valence-electron chi connectivity index (χ1n) is 13.8. The van der Waals surface area contributed by atoms with Crippen LogP contribution in [0.2, 0.25) is 0 Å². The minimum absolute atomic E-state index is 0.137. The fraction of sp³-hybridized carbons (Fsp3) is 0.448. The second kappa shape index (κ2) is 11.1. The lowest BCUT2D eigenvalue weighted by Crippen LogP contribution is -2.33. The molecular formula is C29H33FN6O3. The van der Waals surface area contributed by atoms with Crippen LogP contribution in [0, 0.1) is 5.82 Å². The standard InChI is InChI=1S/C29H33FN6O3/c1-2-25(28-32-33-34-36(28)23-6-4-3-5-7-23)35(17-19-8-10-22(30)11-9-19)18-21-14-20-15-26-27(39-13-12-38-26)16-24(20)31-29(21)37/h8-11,14-16,23,25H,2-7,12-13,17-18H2,1H3,(H,31,37). The number of hydrogen-bond acceptors (Lipinski definition) is 7. The Balaban J connectivity index is 1.37. The molecule has 9 nitrogen and oxygen atoms in total. The Morgan fingerprint density at radius 2 is 1.79 bits per heavy atom. The monoisotopic (exact) mass is 532 g/mol. The van der Waals surface area contributed by atoms with E-state index in [4.69, 9.17) is 9.47 Å². The van der Waals surface area contributed by atoms with Crippen molar-refractivity contribution in [2.45, 2.75) is 70.6 Å². The summed E-state index contributed by atoms with van der Waals surface area (Å²) in [5.41, 5.74) is 2.11. The molecule has 1 fully saturated rings. The lowest BCUT2D eigenvalue weighted by molar-refractivity contribution is 0.155. The van der Waals surface area contributed by atoms with Gasteiger partial charge in [0.2, 0.25) is 0 Å². The number of H-pyrrole nitrogens is 1. The Kier molecular flexibility index (Phi) is 7.28. The summed E-state index contributed by atoms with van der Waals surface area (Å²) in [4.78, 5) is 18.5. The SMILES string of the molecule is CCC(c1nnnn1C1CCCCC1)N(Cc1ccc(F)cc1)Cc1cc2cc3c(cc2[nH]c1=O)OCCO3. The molecule has 0 spiro atoms. The maximum absolute atomic E-state index is 13.7. The molecule has 2 aliphatic rings. The van der Waals surface area contributed by atoms with E-state index < -0.39 is 0 Å². The van der Waals surface area contributed by atoms with Gasteiger partial charge in [0.05, 0.1) is 17.6 Å². The first kappa shape index (κ1) is 25.5. The highest BCUT2D eigenvalue weighted by Crippen LogP contribution is 2.35. The zero-order valence-electron chi connectivity index (χ0n) is 22.1. The number of ether oxygens (including phenoxy) is 2. The molecule has 6 rings (SSSR count). The van der Waals surface area contributed by atoms with Crippen LogP contribution >= 0.6 is 0 Å². The van der Waals surface area contributed by atoms with E-state index in [-0.39, 0.29) is 23.5 Å². The maximum atomic E-state index is 13.7. The summed E-state index contributed by atoms with van der Waals surface area (Å²) in [6.07, 6.45) is 6.46. The second-order valence-electron chi connectivity index (χ2n) is 10.4. The number of pyridine rings is 1. The molecule has 204 valence electrons. The van der Waals surface area contributed by atoms with Gasteiger partial charge in [-0.05, 0) is 59.5 Å². The Bertz CT molecular complexity index is 1500. The van der Waals surface area contributed by atoms with Crippen LogP contribution < -0.4 is 15.0 Å². The molecule has 4 aromatic rings. The van der Waals surface area contributed by atoms with Gasteiger partial charge >= 0.3 is 0 Å².